The number of piperidine rings is 1. The van der Waals surface area contributed by atoms with Crippen LogP contribution in [-0.2, 0) is 13.6 Å². The number of carboxylic acids is 1. The molecule has 31 heavy (non-hydrogen) atoms. The molecule has 1 N–H and O–H groups in total. The normalized spacial score (nSPS) is 13.7. The summed E-state index contributed by atoms with van der Waals surface area (Å²) in [5, 5.41) is 9.34. The van der Waals surface area contributed by atoms with Gasteiger partial charge in [-0.3, -0.25) is 13.9 Å². The summed E-state index contributed by atoms with van der Waals surface area (Å²) in [6, 6.07) is 2.94. The summed E-state index contributed by atoms with van der Waals surface area (Å²) in [4.78, 5) is 39.7. The number of aromatic carboxylic acids is 1. The molecule has 1 aliphatic heterocycles. The first-order chi connectivity index (χ1) is 15.0. The minimum atomic E-state index is -1.24. The number of carboxylic acid groups (broad SMARTS) is 1. The quantitative estimate of drug-likeness (QED) is 0.621. The third-order valence-corrected chi connectivity index (χ3v) is 5.15. The highest BCUT2D eigenvalue weighted by Crippen LogP contribution is 2.26. The molecular formula is C21H22N6O4. The van der Waals surface area contributed by atoms with Crippen LogP contribution in [0.5, 0.6) is 11.8 Å². The maximum absolute atomic E-state index is 13.2. The van der Waals surface area contributed by atoms with E-state index in [1.807, 2.05) is 0 Å². The van der Waals surface area contributed by atoms with Crippen LogP contribution in [0.3, 0.4) is 0 Å². The van der Waals surface area contributed by atoms with Gasteiger partial charge in [0.05, 0.1) is 6.54 Å². The molecule has 160 valence electrons. The van der Waals surface area contributed by atoms with E-state index in [1.54, 1.807) is 17.6 Å². The minimum Gasteiger partial charge on any atom is -0.476 e. The van der Waals surface area contributed by atoms with Crippen molar-refractivity contribution in [3.05, 3.63) is 34.4 Å². The molecule has 3 aromatic heterocycles. The van der Waals surface area contributed by atoms with Gasteiger partial charge in [0, 0.05) is 26.3 Å². The van der Waals surface area contributed by atoms with Crippen LogP contribution in [0.25, 0.3) is 11.2 Å². The van der Waals surface area contributed by atoms with Gasteiger partial charge in [0.2, 0.25) is 5.95 Å². The first-order valence-corrected chi connectivity index (χ1v) is 9.99. The lowest BCUT2D eigenvalue weighted by atomic mass is 10.1. The van der Waals surface area contributed by atoms with Crippen LogP contribution in [0, 0.1) is 11.8 Å². The number of rotatable bonds is 5. The van der Waals surface area contributed by atoms with Gasteiger partial charge in [0.1, 0.15) is 0 Å². The molecule has 1 aliphatic rings. The van der Waals surface area contributed by atoms with E-state index in [1.165, 1.54) is 30.3 Å². The second kappa shape index (κ2) is 8.47. The Kier molecular flexibility index (Phi) is 5.58. The van der Waals surface area contributed by atoms with E-state index >= 15 is 0 Å². The number of nitrogens with zero attached hydrogens (tertiary/aromatic N) is 6. The molecule has 0 bridgehead atoms. The Hall–Kier alpha value is -3.87. The van der Waals surface area contributed by atoms with Crippen molar-refractivity contribution >= 4 is 23.1 Å². The predicted octanol–water partition coefficient (Wildman–Crippen LogP) is 2.03. The molecule has 0 aromatic carbocycles. The van der Waals surface area contributed by atoms with Crippen LogP contribution in [0.1, 0.15) is 36.7 Å². The van der Waals surface area contributed by atoms with Crippen LogP contribution < -0.4 is 15.2 Å². The van der Waals surface area contributed by atoms with Crippen molar-refractivity contribution in [3.8, 4) is 23.6 Å². The molecule has 0 saturated carbocycles. The monoisotopic (exact) mass is 422 g/mol. The Balaban J connectivity index is 1.85. The molecule has 0 aliphatic carbocycles. The van der Waals surface area contributed by atoms with Crippen molar-refractivity contribution in [2.24, 2.45) is 7.05 Å². The number of aromatic nitrogens is 5. The third-order valence-electron chi connectivity index (χ3n) is 5.15. The zero-order valence-corrected chi connectivity index (χ0v) is 17.3. The van der Waals surface area contributed by atoms with Crippen molar-refractivity contribution in [2.75, 3.05) is 18.0 Å². The Morgan fingerprint density at radius 1 is 1.26 bits per heavy atom. The SMILES string of the molecule is CC#CCn1c(N2CCCCC2)nc2nc(Oc3cccnc3C(=O)O)n(C)c(=O)c21. The van der Waals surface area contributed by atoms with E-state index in [0.717, 1.165) is 25.9 Å². The smallest absolute Gasteiger partial charge is 0.358 e. The Morgan fingerprint density at radius 3 is 2.74 bits per heavy atom. The predicted molar refractivity (Wildman–Crippen MR) is 114 cm³/mol. The molecule has 0 unspecified atom stereocenters. The molecule has 10 heteroatoms. The number of carbonyl (C=O) groups is 1. The Morgan fingerprint density at radius 2 is 2.03 bits per heavy atom. The second-order valence-corrected chi connectivity index (χ2v) is 7.16. The van der Waals surface area contributed by atoms with E-state index in [2.05, 4.69) is 31.7 Å². The average molecular weight is 422 g/mol. The lowest BCUT2D eigenvalue weighted by Crippen LogP contribution is -2.32. The summed E-state index contributed by atoms with van der Waals surface area (Å²) in [6.45, 7) is 3.77. The van der Waals surface area contributed by atoms with Gasteiger partial charge in [-0.25, -0.2) is 9.78 Å². The maximum atomic E-state index is 13.2. The lowest BCUT2D eigenvalue weighted by molar-refractivity contribution is 0.0687. The summed E-state index contributed by atoms with van der Waals surface area (Å²) in [7, 11) is 1.52. The van der Waals surface area contributed by atoms with Gasteiger partial charge < -0.3 is 14.7 Å². The number of imidazole rings is 1. The van der Waals surface area contributed by atoms with Crippen LogP contribution in [0.4, 0.5) is 5.95 Å². The fraction of sp³-hybridized carbons (Fsp3) is 0.381. The summed E-state index contributed by atoms with van der Waals surface area (Å²) < 4.78 is 8.71. The molecule has 10 nitrogen and oxygen atoms in total. The number of hydrogen-bond donors (Lipinski definition) is 1. The summed E-state index contributed by atoms with van der Waals surface area (Å²) in [5.41, 5.74) is -0.0517. The topological polar surface area (TPSA) is 115 Å². The maximum Gasteiger partial charge on any atom is 0.358 e. The van der Waals surface area contributed by atoms with E-state index in [0.29, 0.717) is 18.0 Å². The standard InChI is InChI=1S/C21H22N6O4/c1-3-4-13-27-16-17(23-20(27)26-11-6-5-7-12-26)24-21(25(2)18(16)28)31-14-9-8-10-22-15(14)19(29)30/h8-10H,5-7,11-13H2,1-2H3,(H,29,30). The van der Waals surface area contributed by atoms with Gasteiger partial charge in [-0.15, -0.1) is 5.92 Å². The van der Waals surface area contributed by atoms with Crippen LogP contribution >= 0.6 is 0 Å². The molecule has 4 rings (SSSR count). The van der Waals surface area contributed by atoms with Crippen molar-refractivity contribution in [1.29, 1.82) is 0 Å². The highest BCUT2D eigenvalue weighted by atomic mass is 16.5. The van der Waals surface area contributed by atoms with Gasteiger partial charge in [-0.2, -0.15) is 9.97 Å². The van der Waals surface area contributed by atoms with Gasteiger partial charge in [-0.1, -0.05) is 5.92 Å². The highest BCUT2D eigenvalue weighted by molar-refractivity contribution is 5.88. The second-order valence-electron chi connectivity index (χ2n) is 7.16. The Bertz CT molecular complexity index is 1260. The third kappa shape index (κ3) is 3.82. The lowest BCUT2D eigenvalue weighted by Gasteiger charge is -2.27. The number of anilines is 1. The minimum absolute atomic E-state index is 0.00983. The summed E-state index contributed by atoms with van der Waals surface area (Å²) in [6.07, 6.45) is 4.64. The number of hydrogen-bond acceptors (Lipinski definition) is 7. The van der Waals surface area contributed by atoms with Crippen molar-refractivity contribution in [3.63, 3.8) is 0 Å². The van der Waals surface area contributed by atoms with Crippen molar-refractivity contribution < 1.29 is 14.6 Å². The first kappa shape index (κ1) is 20.4. The first-order valence-electron chi connectivity index (χ1n) is 9.99. The van der Waals surface area contributed by atoms with Crippen molar-refractivity contribution in [2.45, 2.75) is 32.7 Å². The zero-order valence-electron chi connectivity index (χ0n) is 17.3. The van der Waals surface area contributed by atoms with Crippen molar-refractivity contribution in [1.82, 2.24) is 24.1 Å². The molecule has 0 radical (unpaired) electrons. The van der Waals surface area contributed by atoms with Gasteiger partial charge >= 0.3 is 12.0 Å². The fourth-order valence-electron chi connectivity index (χ4n) is 3.60. The van der Waals surface area contributed by atoms with E-state index in [9.17, 15) is 14.7 Å². The molecule has 0 spiro atoms. The number of ether oxygens (including phenoxy) is 1. The van der Waals surface area contributed by atoms with E-state index < -0.39 is 5.97 Å². The van der Waals surface area contributed by atoms with Gasteiger partial charge in [0.25, 0.3) is 5.56 Å². The van der Waals surface area contributed by atoms with Gasteiger partial charge in [-0.05, 0) is 38.3 Å². The fourth-order valence-corrected chi connectivity index (χ4v) is 3.60. The molecule has 3 aromatic rings. The average Bonchev–Trinajstić information content (AvgIpc) is 3.15. The molecular weight excluding hydrogens is 400 g/mol. The Labute approximate surface area is 178 Å². The molecule has 4 heterocycles. The highest BCUT2D eigenvalue weighted by Gasteiger charge is 2.24. The summed E-state index contributed by atoms with van der Waals surface area (Å²) in [5.74, 6) is 5.28. The number of fused-ring (bicyclic) bond motifs is 1. The summed E-state index contributed by atoms with van der Waals surface area (Å²) >= 11 is 0. The van der Waals surface area contributed by atoms with Gasteiger partial charge in [0.15, 0.2) is 22.6 Å². The van der Waals surface area contributed by atoms with Crippen LogP contribution in [0.2, 0.25) is 0 Å². The molecule has 0 atom stereocenters. The largest absolute Gasteiger partial charge is 0.476 e. The van der Waals surface area contributed by atoms with Crippen LogP contribution in [-0.4, -0.2) is 48.3 Å². The van der Waals surface area contributed by atoms with E-state index in [-0.39, 0.29) is 28.7 Å². The zero-order chi connectivity index (χ0) is 22.0. The number of pyridine rings is 1. The molecule has 1 saturated heterocycles. The van der Waals surface area contributed by atoms with Crippen LogP contribution in [0.15, 0.2) is 23.1 Å². The molecule has 0 amide bonds. The van der Waals surface area contributed by atoms with E-state index in [4.69, 9.17) is 4.74 Å². The molecule has 1 fully saturated rings.